The van der Waals surface area contributed by atoms with Gasteiger partial charge in [0, 0.05) is 28.3 Å². The first-order chi connectivity index (χ1) is 17.3. The summed E-state index contributed by atoms with van der Waals surface area (Å²) >= 11 is 0. The summed E-state index contributed by atoms with van der Waals surface area (Å²) in [6.07, 6.45) is 7.83. The molecule has 190 valence electrons. The quantitative estimate of drug-likeness (QED) is 0.234. The number of terminal acetylenes is 1. The van der Waals surface area contributed by atoms with Gasteiger partial charge in [0.05, 0.1) is 0 Å². The van der Waals surface area contributed by atoms with Crippen LogP contribution in [0.4, 0.5) is 0 Å². The standard InChI is InChI=1S/C27H22O10/c1-7-34-27(33)19-13-21(29)17(11-22(19)36-25(31)15(4)5)10-16(6)26(32)37-23-12-18(8-9-20(23)28)35-24(30)14(2)3/h1,8-13,28-29H,2,4H2,3,5-6H3/b16-10+. The number of phenolic OH excluding ortho intramolecular Hbond substituents is 2. The van der Waals surface area contributed by atoms with Crippen molar-refractivity contribution in [1.29, 1.82) is 0 Å². The smallest absolute Gasteiger partial charge is 0.356 e. The van der Waals surface area contributed by atoms with Crippen molar-refractivity contribution in [2.24, 2.45) is 0 Å². The van der Waals surface area contributed by atoms with E-state index < -0.39 is 35.4 Å². The zero-order valence-corrected chi connectivity index (χ0v) is 20.1. The molecule has 10 heteroatoms. The predicted molar refractivity (Wildman–Crippen MR) is 131 cm³/mol. The summed E-state index contributed by atoms with van der Waals surface area (Å²) in [4.78, 5) is 48.5. The first kappa shape index (κ1) is 27.9. The Bertz CT molecular complexity index is 1390. The third kappa shape index (κ3) is 7.34. The molecule has 0 aliphatic carbocycles. The van der Waals surface area contributed by atoms with Crippen LogP contribution in [0.5, 0.6) is 28.7 Å². The molecule has 0 unspecified atom stereocenters. The van der Waals surface area contributed by atoms with Gasteiger partial charge >= 0.3 is 23.9 Å². The average Bonchev–Trinajstić information content (AvgIpc) is 2.82. The maximum atomic E-state index is 12.6. The molecule has 37 heavy (non-hydrogen) atoms. The van der Waals surface area contributed by atoms with Crippen molar-refractivity contribution in [2.75, 3.05) is 0 Å². The SMILES string of the molecule is C#COC(=O)c1cc(O)c(/C=C(\C)C(=O)Oc2cc(OC(=O)C(=C)C)ccc2O)cc1OC(=O)C(=C)C. The number of benzene rings is 2. The highest BCUT2D eigenvalue weighted by Crippen LogP contribution is 2.33. The molecule has 0 aliphatic heterocycles. The van der Waals surface area contributed by atoms with Crippen LogP contribution in [-0.2, 0) is 19.1 Å². The van der Waals surface area contributed by atoms with Gasteiger partial charge in [-0.1, -0.05) is 19.6 Å². The van der Waals surface area contributed by atoms with Gasteiger partial charge in [-0.15, -0.1) is 0 Å². The summed E-state index contributed by atoms with van der Waals surface area (Å²) in [5.41, 5.74) is -0.303. The number of aromatic hydroxyl groups is 2. The van der Waals surface area contributed by atoms with Crippen molar-refractivity contribution >= 4 is 30.0 Å². The van der Waals surface area contributed by atoms with Gasteiger partial charge in [-0.25, -0.2) is 19.2 Å². The van der Waals surface area contributed by atoms with E-state index in [0.717, 1.165) is 24.3 Å². The number of esters is 4. The minimum Gasteiger partial charge on any atom is -0.507 e. The minimum atomic E-state index is -1.07. The number of hydrogen-bond acceptors (Lipinski definition) is 10. The normalized spacial score (nSPS) is 10.5. The van der Waals surface area contributed by atoms with E-state index in [1.807, 2.05) is 0 Å². The second kappa shape index (κ2) is 11.9. The van der Waals surface area contributed by atoms with E-state index in [0.29, 0.717) is 0 Å². The van der Waals surface area contributed by atoms with Crippen molar-refractivity contribution in [3.05, 3.63) is 71.3 Å². The summed E-state index contributed by atoms with van der Waals surface area (Å²) in [6, 6.07) is 5.62. The Hall–Kier alpha value is -5.30. The molecule has 2 N–H and O–H groups in total. The highest BCUT2D eigenvalue weighted by molar-refractivity contribution is 5.98. The van der Waals surface area contributed by atoms with Crippen LogP contribution in [0.3, 0.4) is 0 Å². The van der Waals surface area contributed by atoms with Gasteiger partial charge in [0.15, 0.2) is 11.5 Å². The Morgan fingerprint density at radius 1 is 0.838 bits per heavy atom. The van der Waals surface area contributed by atoms with Gasteiger partial charge in [-0.3, -0.25) is 0 Å². The summed E-state index contributed by atoms with van der Waals surface area (Å²) in [5.74, 6) is -5.13. The van der Waals surface area contributed by atoms with Gasteiger partial charge in [0.2, 0.25) is 0 Å². The number of ether oxygens (including phenoxy) is 4. The third-order valence-electron chi connectivity index (χ3n) is 4.44. The Balaban J connectivity index is 2.39. The van der Waals surface area contributed by atoms with Gasteiger partial charge in [0.1, 0.15) is 28.9 Å². The number of carbonyl (C=O) groups excluding carboxylic acids is 4. The van der Waals surface area contributed by atoms with E-state index >= 15 is 0 Å². The molecule has 0 aliphatic rings. The van der Waals surface area contributed by atoms with Gasteiger partial charge < -0.3 is 29.2 Å². The van der Waals surface area contributed by atoms with Crippen molar-refractivity contribution in [2.45, 2.75) is 20.8 Å². The Kier molecular flexibility index (Phi) is 8.99. The first-order valence-corrected chi connectivity index (χ1v) is 10.4. The lowest BCUT2D eigenvalue weighted by Crippen LogP contribution is -2.13. The molecule has 0 radical (unpaired) electrons. The van der Waals surface area contributed by atoms with Gasteiger partial charge in [0.25, 0.3) is 0 Å². The van der Waals surface area contributed by atoms with Crippen molar-refractivity contribution < 1.29 is 48.3 Å². The summed E-state index contributed by atoms with van der Waals surface area (Å²) in [6.45, 7) is 11.1. The topological polar surface area (TPSA) is 146 Å². The summed E-state index contributed by atoms with van der Waals surface area (Å²) < 4.78 is 19.8. The molecule has 10 nitrogen and oxygen atoms in total. The average molecular weight is 506 g/mol. The lowest BCUT2D eigenvalue weighted by Gasteiger charge is -2.12. The fraction of sp³-hybridized carbons (Fsp3) is 0.111. The molecule has 2 rings (SSSR count). The van der Waals surface area contributed by atoms with Crippen LogP contribution in [0.2, 0.25) is 0 Å². The molecule has 0 spiro atoms. The third-order valence-corrected chi connectivity index (χ3v) is 4.44. The van der Waals surface area contributed by atoms with E-state index in [2.05, 4.69) is 17.9 Å². The highest BCUT2D eigenvalue weighted by Gasteiger charge is 2.21. The molecule has 0 saturated heterocycles. The van der Waals surface area contributed by atoms with E-state index in [1.54, 1.807) is 6.11 Å². The van der Waals surface area contributed by atoms with Crippen molar-refractivity contribution in [3.8, 4) is 41.3 Å². The van der Waals surface area contributed by atoms with E-state index in [-0.39, 0.29) is 45.1 Å². The maximum Gasteiger partial charge on any atom is 0.356 e. The van der Waals surface area contributed by atoms with Crippen LogP contribution < -0.4 is 14.2 Å². The largest absolute Gasteiger partial charge is 0.507 e. The molecule has 0 atom stereocenters. The molecule has 0 bridgehead atoms. The van der Waals surface area contributed by atoms with Crippen LogP contribution in [-0.4, -0.2) is 34.1 Å². The molecule has 2 aromatic rings. The van der Waals surface area contributed by atoms with Crippen LogP contribution in [0.1, 0.15) is 36.7 Å². The number of carbonyl (C=O) groups is 4. The van der Waals surface area contributed by atoms with E-state index in [9.17, 15) is 29.4 Å². The van der Waals surface area contributed by atoms with Crippen LogP contribution in [0.15, 0.2) is 60.2 Å². The van der Waals surface area contributed by atoms with Crippen LogP contribution in [0, 0.1) is 12.5 Å². The van der Waals surface area contributed by atoms with Gasteiger partial charge in [-0.05, 0) is 51.1 Å². The highest BCUT2D eigenvalue weighted by atomic mass is 16.6. The lowest BCUT2D eigenvalue weighted by atomic mass is 10.1. The zero-order chi connectivity index (χ0) is 27.9. The molecule has 0 fully saturated rings. The molecule has 0 amide bonds. The summed E-state index contributed by atoms with van der Waals surface area (Å²) in [5, 5.41) is 20.4. The molecule has 0 aromatic heterocycles. The van der Waals surface area contributed by atoms with Crippen LogP contribution >= 0.6 is 0 Å². The Labute approximate surface area is 212 Å². The molecular weight excluding hydrogens is 484 g/mol. The molecule has 0 saturated carbocycles. The van der Waals surface area contributed by atoms with E-state index in [4.69, 9.17) is 20.6 Å². The van der Waals surface area contributed by atoms with Gasteiger partial charge in [-0.2, -0.15) is 0 Å². The first-order valence-electron chi connectivity index (χ1n) is 10.4. The summed E-state index contributed by atoms with van der Waals surface area (Å²) in [7, 11) is 0. The Morgan fingerprint density at radius 2 is 1.43 bits per heavy atom. The van der Waals surface area contributed by atoms with Crippen molar-refractivity contribution in [3.63, 3.8) is 0 Å². The van der Waals surface area contributed by atoms with E-state index in [1.165, 1.54) is 32.9 Å². The molecule has 2 aromatic carbocycles. The lowest BCUT2D eigenvalue weighted by molar-refractivity contribution is -0.131. The monoisotopic (exact) mass is 506 g/mol. The second-order valence-corrected chi connectivity index (χ2v) is 7.60. The second-order valence-electron chi connectivity index (χ2n) is 7.60. The number of hydrogen-bond donors (Lipinski definition) is 2. The number of phenols is 2. The van der Waals surface area contributed by atoms with Crippen LogP contribution in [0.25, 0.3) is 6.08 Å². The Morgan fingerprint density at radius 3 is 2.03 bits per heavy atom. The number of rotatable bonds is 8. The predicted octanol–water partition coefficient (Wildman–Crippen LogP) is 3.82. The fourth-order valence-corrected chi connectivity index (χ4v) is 2.55. The van der Waals surface area contributed by atoms with Crippen molar-refractivity contribution in [1.82, 2.24) is 0 Å². The molecule has 0 heterocycles. The maximum absolute atomic E-state index is 12.6. The zero-order valence-electron chi connectivity index (χ0n) is 20.1. The fourth-order valence-electron chi connectivity index (χ4n) is 2.55. The molecular formula is C27H22O10. The minimum absolute atomic E-state index is 0.00806.